The van der Waals surface area contributed by atoms with E-state index in [4.69, 9.17) is 9.97 Å². The smallest absolute Gasteiger partial charge is 0.0802 e. The van der Waals surface area contributed by atoms with Crippen LogP contribution in [0.2, 0.25) is 0 Å². The molecule has 1 aliphatic rings. The van der Waals surface area contributed by atoms with E-state index in [0.717, 1.165) is 17.6 Å². The van der Waals surface area contributed by atoms with Crippen molar-refractivity contribution in [1.29, 1.82) is 0 Å². The molecule has 0 N–H and O–H groups in total. The molecule has 4 aromatic rings. The number of hydrogen-bond acceptors (Lipinski definition) is 2. The van der Waals surface area contributed by atoms with E-state index in [2.05, 4.69) is 76.2 Å². The van der Waals surface area contributed by atoms with Crippen molar-refractivity contribution in [3.63, 3.8) is 0 Å². The predicted molar refractivity (Wildman–Crippen MR) is 113 cm³/mol. The third kappa shape index (κ3) is 2.39. The zero-order valence-corrected chi connectivity index (χ0v) is 16.4. The molecule has 0 saturated carbocycles. The van der Waals surface area contributed by atoms with Gasteiger partial charge < -0.3 is 0 Å². The van der Waals surface area contributed by atoms with Gasteiger partial charge in [0.15, 0.2) is 0 Å². The lowest BCUT2D eigenvalue weighted by atomic mass is 9.69. The zero-order valence-electron chi connectivity index (χ0n) is 16.4. The molecule has 0 amide bonds. The molecule has 0 bridgehead atoms. The highest BCUT2D eigenvalue weighted by Crippen LogP contribution is 2.48. The van der Waals surface area contributed by atoms with E-state index >= 15 is 0 Å². The second-order valence-corrected chi connectivity index (χ2v) is 8.68. The molecule has 2 aromatic carbocycles. The average Bonchev–Trinajstić information content (AvgIpc) is 2.64. The standard InChI is InChI=1S/C25H24N2/c1-15(2)11-18-14-21-23-22(27-18)9-10-26-24(23)19-12-16-7-5-6-8-17(16)13-20(19)25(21,3)4/h5-10,12-15H,11H2,1-4H3. The van der Waals surface area contributed by atoms with Crippen LogP contribution in [0.3, 0.4) is 0 Å². The molecule has 0 aliphatic heterocycles. The maximum Gasteiger partial charge on any atom is 0.0802 e. The van der Waals surface area contributed by atoms with Gasteiger partial charge >= 0.3 is 0 Å². The van der Waals surface area contributed by atoms with Gasteiger partial charge in [0, 0.05) is 28.3 Å². The Morgan fingerprint density at radius 3 is 2.41 bits per heavy atom. The minimum Gasteiger partial charge on any atom is -0.255 e. The number of hydrogen-bond donors (Lipinski definition) is 0. The lowest BCUT2D eigenvalue weighted by molar-refractivity contribution is 0.622. The first-order chi connectivity index (χ1) is 12.9. The second kappa shape index (κ2) is 5.63. The molecule has 2 heterocycles. The summed E-state index contributed by atoms with van der Waals surface area (Å²) in [5.74, 6) is 0.589. The van der Waals surface area contributed by atoms with Gasteiger partial charge in [0.05, 0.1) is 11.2 Å². The molecule has 0 atom stereocenters. The van der Waals surface area contributed by atoms with Gasteiger partial charge in [-0.2, -0.15) is 0 Å². The molecule has 0 radical (unpaired) electrons. The fourth-order valence-electron chi connectivity index (χ4n) is 4.55. The fraction of sp³-hybridized carbons (Fsp3) is 0.280. The number of benzene rings is 2. The Balaban J connectivity index is 1.90. The number of nitrogens with zero attached hydrogens (tertiary/aromatic N) is 2. The van der Waals surface area contributed by atoms with Crippen molar-refractivity contribution in [3.8, 4) is 11.3 Å². The van der Waals surface area contributed by atoms with E-state index in [9.17, 15) is 0 Å². The normalized spacial score (nSPS) is 14.7. The quantitative estimate of drug-likeness (QED) is 0.424. The third-order valence-electron chi connectivity index (χ3n) is 5.88. The van der Waals surface area contributed by atoms with Crippen LogP contribution in [-0.4, -0.2) is 9.97 Å². The average molecular weight is 352 g/mol. The van der Waals surface area contributed by atoms with Crippen molar-refractivity contribution in [2.75, 3.05) is 0 Å². The largest absolute Gasteiger partial charge is 0.255 e. The van der Waals surface area contributed by atoms with E-state index in [1.54, 1.807) is 0 Å². The Bertz CT molecular complexity index is 1200. The highest BCUT2D eigenvalue weighted by molar-refractivity contribution is 6.02. The maximum absolute atomic E-state index is 4.98. The van der Waals surface area contributed by atoms with Crippen molar-refractivity contribution in [3.05, 3.63) is 71.5 Å². The fourth-order valence-corrected chi connectivity index (χ4v) is 4.55. The molecule has 0 spiro atoms. The summed E-state index contributed by atoms with van der Waals surface area (Å²) in [4.78, 5) is 9.78. The lowest BCUT2D eigenvalue weighted by Crippen LogP contribution is -2.25. The summed E-state index contributed by atoms with van der Waals surface area (Å²) in [5.41, 5.74) is 7.20. The summed E-state index contributed by atoms with van der Waals surface area (Å²) in [5, 5.41) is 3.77. The molecule has 0 unspecified atom stereocenters. The van der Waals surface area contributed by atoms with Crippen LogP contribution in [0.15, 0.2) is 54.7 Å². The van der Waals surface area contributed by atoms with Crippen LogP contribution < -0.4 is 0 Å². The van der Waals surface area contributed by atoms with Crippen molar-refractivity contribution in [1.82, 2.24) is 9.97 Å². The molecular formula is C25H24N2. The van der Waals surface area contributed by atoms with E-state index in [0.29, 0.717) is 5.92 Å². The molecule has 27 heavy (non-hydrogen) atoms. The zero-order chi connectivity index (χ0) is 18.8. The van der Waals surface area contributed by atoms with E-state index in [1.807, 2.05) is 6.20 Å². The first kappa shape index (κ1) is 16.4. The van der Waals surface area contributed by atoms with Crippen LogP contribution in [0.5, 0.6) is 0 Å². The van der Waals surface area contributed by atoms with E-state index < -0.39 is 0 Å². The minimum atomic E-state index is -0.0810. The van der Waals surface area contributed by atoms with Crippen LogP contribution in [-0.2, 0) is 11.8 Å². The molecule has 5 rings (SSSR count). The van der Waals surface area contributed by atoms with Gasteiger partial charge in [-0.3, -0.25) is 9.97 Å². The summed E-state index contributed by atoms with van der Waals surface area (Å²) in [7, 11) is 0. The van der Waals surface area contributed by atoms with Gasteiger partial charge in [0.1, 0.15) is 0 Å². The first-order valence-corrected chi connectivity index (χ1v) is 9.78. The maximum atomic E-state index is 4.98. The molecule has 134 valence electrons. The van der Waals surface area contributed by atoms with Crippen molar-refractivity contribution < 1.29 is 0 Å². The Labute approximate surface area is 160 Å². The van der Waals surface area contributed by atoms with Crippen LogP contribution in [0, 0.1) is 5.92 Å². The van der Waals surface area contributed by atoms with Gasteiger partial charge in [-0.15, -0.1) is 0 Å². The van der Waals surface area contributed by atoms with Gasteiger partial charge in [0.2, 0.25) is 0 Å². The Morgan fingerprint density at radius 1 is 0.926 bits per heavy atom. The van der Waals surface area contributed by atoms with Gasteiger partial charge in [-0.1, -0.05) is 52.0 Å². The third-order valence-corrected chi connectivity index (χ3v) is 5.88. The van der Waals surface area contributed by atoms with Gasteiger partial charge in [0.25, 0.3) is 0 Å². The molecule has 0 fully saturated rings. The highest BCUT2D eigenvalue weighted by Gasteiger charge is 2.35. The van der Waals surface area contributed by atoms with Crippen LogP contribution in [0.4, 0.5) is 0 Å². The molecule has 2 aromatic heterocycles. The lowest BCUT2D eigenvalue weighted by Gasteiger charge is -2.35. The summed E-state index contributed by atoms with van der Waals surface area (Å²) in [6.45, 7) is 9.18. The minimum absolute atomic E-state index is 0.0810. The van der Waals surface area contributed by atoms with E-state index in [1.165, 1.54) is 38.5 Å². The summed E-state index contributed by atoms with van der Waals surface area (Å²) in [6, 6.07) is 17.6. The number of rotatable bonds is 2. The summed E-state index contributed by atoms with van der Waals surface area (Å²) >= 11 is 0. The van der Waals surface area contributed by atoms with E-state index in [-0.39, 0.29) is 5.41 Å². The number of pyridine rings is 2. The van der Waals surface area contributed by atoms with Crippen LogP contribution >= 0.6 is 0 Å². The Kier molecular flexibility index (Phi) is 3.42. The molecular weight excluding hydrogens is 328 g/mol. The highest BCUT2D eigenvalue weighted by atomic mass is 14.8. The van der Waals surface area contributed by atoms with Gasteiger partial charge in [-0.05, 0) is 58.5 Å². The van der Waals surface area contributed by atoms with Gasteiger partial charge in [-0.25, -0.2) is 0 Å². The van der Waals surface area contributed by atoms with Crippen LogP contribution in [0.25, 0.3) is 32.9 Å². The number of fused-ring (bicyclic) bond motifs is 3. The monoisotopic (exact) mass is 352 g/mol. The SMILES string of the molecule is CC(C)Cc1cc2c3c(nccc3n1)-c1cc3ccccc3cc1C2(C)C. The van der Waals surface area contributed by atoms with Crippen molar-refractivity contribution in [2.24, 2.45) is 5.92 Å². The van der Waals surface area contributed by atoms with Crippen molar-refractivity contribution in [2.45, 2.75) is 39.5 Å². The number of aromatic nitrogens is 2. The van der Waals surface area contributed by atoms with Crippen molar-refractivity contribution >= 4 is 21.7 Å². The predicted octanol–water partition coefficient (Wildman–Crippen LogP) is 6.29. The Hall–Kier alpha value is -2.74. The Morgan fingerprint density at radius 2 is 1.67 bits per heavy atom. The van der Waals surface area contributed by atoms with Crippen LogP contribution in [0.1, 0.15) is 44.5 Å². The summed E-state index contributed by atoms with van der Waals surface area (Å²) < 4.78 is 0. The molecule has 1 aliphatic carbocycles. The molecule has 0 saturated heterocycles. The summed E-state index contributed by atoms with van der Waals surface area (Å²) in [6.07, 6.45) is 2.91. The topological polar surface area (TPSA) is 25.8 Å². The first-order valence-electron chi connectivity index (χ1n) is 9.78. The second-order valence-electron chi connectivity index (χ2n) is 8.68. The molecule has 2 nitrogen and oxygen atoms in total. The molecule has 2 heteroatoms.